The quantitative estimate of drug-likeness (QED) is 0.699. The van der Waals surface area contributed by atoms with Crippen molar-refractivity contribution in [2.45, 2.75) is 13.3 Å². The molecule has 0 unspecified atom stereocenters. The van der Waals surface area contributed by atoms with Gasteiger partial charge in [-0.15, -0.1) is 0 Å². The van der Waals surface area contributed by atoms with E-state index in [-0.39, 0.29) is 5.97 Å². The summed E-state index contributed by atoms with van der Waals surface area (Å²) in [5, 5.41) is 0. The molecule has 2 heterocycles. The first-order valence-electron chi connectivity index (χ1n) is 4.80. The summed E-state index contributed by atoms with van der Waals surface area (Å²) in [4.78, 5) is 15.6. The van der Waals surface area contributed by atoms with Crippen molar-refractivity contribution in [1.29, 1.82) is 0 Å². The Kier molecular flexibility index (Phi) is 2.41. The minimum atomic E-state index is -0.326. The monoisotopic (exact) mass is 204 g/mol. The van der Waals surface area contributed by atoms with Crippen LogP contribution in [-0.4, -0.2) is 22.5 Å². The van der Waals surface area contributed by atoms with Gasteiger partial charge < -0.3 is 9.14 Å². The van der Waals surface area contributed by atoms with Crippen LogP contribution < -0.4 is 0 Å². The van der Waals surface area contributed by atoms with Crippen molar-refractivity contribution < 1.29 is 9.53 Å². The van der Waals surface area contributed by atoms with Crippen molar-refractivity contribution >= 4 is 11.5 Å². The van der Waals surface area contributed by atoms with Crippen LogP contribution in [0.5, 0.6) is 0 Å². The SMILES string of the molecule is CCc1ncc2ccc(C(=O)OC)cn12. The molecule has 0 bridgehead atoms. The van der Waals surface area contributed by atoms with Gasteiger partial charge in [0.25, 0.3) is 0 Å². The molecule has 0 saturated carbocycles. The highest BCUT2D eigenvalue weighted by Crippen LogP contribution is 2.10. The predicted molar refractivity (Wildman–Crippen MR) is 55.9 cm³/mol. The van der Waals surface area contributed by atoms with Gasteiger partial charge >= 0.3 is 5.97 Å². The molecule has 0 aliphatic rings. The Morgan fingerprint density at radius 3 is 3.00 bits per heavy atom. The number of carbonyl (C=O) groups excluding carboxylic acids is 1. The lowest BCUT2D eigenvalue weighted by Gasteiger charge is -2.02. The highest BCUT2D eigenvalue weighted by Gasteiger charge is 2.07. The number of nitrogens with zero attached hydrogens (tertiary/aromatic N) is 2. The van der Waals surface area contributed by atoms with Crippen LogP contribution in [0, 0.1) is 0 Å². The molecule has 2 aromatic rings. The molecule has 78 valence electrons. The van der Waals surface area contributed by atoms with E-state index in [0.29, 0.717) is 5.56 Å². The van der Waals surface area contributed by atoms with Gasteiger partial charge in [-0.2, -0.15) is 0 Å². The standard InChI is InChI=1S/C11H12N2O2/c1-3-10-12-6-9-5-4-8(7-13(9)10)11(14)15-2/h4-7H,3H2,1-2H3. The number of esters is 1. The largest absolute Gasteiger partial charge is 0.465 e. The number of ether oxygens (including phenoxy) is 1. The summed E-state index contributed by atoms with van der Waals surface area (Å²) >= 11 is 0. The summed E-state index contributed by atoms with van der Waals surface area (Å²) < 4.78 is 6.57. The minimum Gasteiger partial charge on any atom is -0.465 e. The van der Waals surface area contributed by atoms with Crippen LogP contribution in [0.25, 0.3) is 5.52 Å². The maximum Gasteiger partial charge on any atom is 0.339 e. The third kappa shape index (κ3) is 1.58. The maximum absolute atomic E-state index is 11.3. The molecule has 4 nitrogen and oxygen atoms in total. The second-order valence-electron chi connectivity index (χ2n) is 3.23. The van der Waals surface area contributed by atoms with Crippen molar-refractivity contribution in [3.63, 3.8) is 0 Å². The van der Waals surface area contributed by atoms with E-state index in [9.17, 15) is 4.79 Å². The van der Waals surface area contributed by atoms with Crippen LogP contribution in [-0.2, 0) is 11.2 Å². The zero-order valence-electron chi connectivity index (χ0n) is 8.73. The van der Waals surface area contributed by atoms with Crippen LogP contribution in [0.4, 0.5) is 0 Å². The molecule has 0 N–H and O–H groups in total. The van der Waals surface area contributed by atoms with Crippen LogP contribution in [0.2, 0.25) is 0 Å². The number of aromatic nitrogens is 2. The number of pyridine rings is 1. The average molecular weight is 204 g/mol. The lowest BCUT2D eigenvalue weighted by Crippen LogP contribution is -2.03. The summed E-state index contributed by atoms with van der Waals surface area (Å²) in [7, 11) is 1.38. The number of fused-ring (bicyclic) bond motifs is 1. The Morgan fingerprint density at radius 2 is 2.33 bits per heavy atom. The van der Waals surface area contributed by atoms with Gasteiger partial charge in [0.1, 0.15) is 5.82 Å². The van der Waals surface area contributed by atoms with Gasteiger partial charge in [-0.1, -0.05) is 6.92 Å². The molecular formula is C11H12N2O2. The molecule has 2 aromatic heterocycles. The lowest BCUT2D eigenvalue weighted by atomic mass is 10.2. The van der Waals surface area contributed by atoms with Crippen LogP contribution in [0.15, 0.2) is 24.5 Å². The molecule has 0 aliphatic heterocycles. The fourth-order valence-electron chi connectivity index (χ4n) is 1.54. The van der Waals surface area contributed by atoms with Crippen molar-refractivity contribution in [3.05, 3.63) is 35.9 Å². The highest BCUT2D eigenvalue weighted by atomic mass is 16.5. The van der Waals surface area contributed by atoms with E-state index in [1.807, 2.05) is 17.4 Å². The minimum absolute atomic E-state index is 0.326. The van der Waals surface area contributed by atoms with Crippen molar-refractivity contribution in [2.75, 3.05) is 7.11 Å². The molecule has 2 rings (SSSR count). The van der Waals surface area contributed by atoms with Gasteiger partial charge in [-0.25, -0.2) is 9.78 Å². The highest BCUT2D eigenvalue weighted by molar-refractivity contribution is 5.89. The second kappa shape index (κ2) is 3.73. The van der Waals surface area contributed by atoms with Crippen LogP contribution in [0.3, 0.4) is 0 Å². The Hall–Kier alpha value is -1.84. The Labute approximate surface area is 87.5 Å². The summed E-state index contributed by atoms with van der Waals surface area (Å²) in [6.07, 6.45) is 4.38. The molecular weight excluding hydrogens is 192 g/mol. The first kappa shape index (κ1) is 9.71. The fraction of sp³-hybridized carbons (Fsp3) is 0.273. The molecule has 0 atom stereocenters. The first-order valence-corrected chi connectivity index (χ1v) is 4.80. The maximum atomic E-state index is 11.3. The van der Waals surface area contributed by atoms with Gasteiger partial charge in [-0.3, -0.25) is 0 Å². The van der Waals surface area contributed by atoms with Crippen LogP contribution in [0.1, 0.15) is 23.1 Å². The zero-order chi connectivity index (χ0) is 10.8. The Morgan fingerprint density at radius 1 is 1.53 bits per heavy atom. The smallest absolute Gasteiger partial charge is 0.339 e. The first-order chi connectivity index (χ1) is 7.26. The van der Waals surface area contributed by atoms with E-state index in [2.05, 4.69) is 9.72 Å². The van der Waals surface area contributed by atoms with E-state index in [1.165, 1.54) is 7.11 Å². The normalized spacial score (nSPS) is 10.5. The number of rotatable bonds is 2. The molecule has 0 radical (unpaired) electrons. The van der Waals surface area contributed by atoms with Gasteiger partial charge in [0.05, 0.1) is 24.4 Å². The molecule has 4 heteroatoms. The Balaban J connectivity index is 2.57. The number of carbonyl (C=O) groups is 1. The second-order valence-corrected chi connectivity index (χ2v) is 3.23. The predicted octanol–water partition coefficient (Wildman–Crippen LogP) is 1.68. The molecule has 0 aromatic carbocycles. The van der Waals surface area contributed by atoms with Gasteiger partial charge in [-0.05, 0) is 12.1 Å². The number of hydrogen-bond acceptors (Lipinski definition) is 3. The number of aryl methyl sites for hydroxylation is 1. The molecule has 0 aliphatic carbocycles. The van der Waals surface area contributed by atoms with E-state index in [0.717, 1.165) is 17.8 Å². The molecule has 0 amide bonds. The van der Waals surface area contributed by atoms with Crippen molar-refractivity contribution in [3.8, 4) is 0 Å². The van der Waals surface area contributed by atoms with E-state index in [4.69, 9.17) is 0 Å². The number of imidazole rings is 1. The molecule has 15 heavy (non-hydrogen) atoms. The molecule has 0 saturated heterocycles. The average Bonchev–Trinajstić information content (AvgIpc) is 2.69. The van der Waals surface area contributed by atoms with Crippen molar-refractivity contribution in [1.82, 2.24) is 9.38 Å². The zero-order valence-corrected chi connectivity index (χ0v) is 8.73. The van der Waals surface area contributed by atoms with E-state index >= 15 is 0 Å². The van der Waals surface area contributed by atoms with Gasteiger partial charge in [0, 0.05) is 12.6 Å². The lowest BCUT2D eigenvalue weighted by molar-refractivity contribution is 0.0600. The van der Waals surface area contributed by atoms with Crippen LogP contribution >= 0.6 is 0 Å². The Bertz CT molecular complexity index is 502. The number of hydrogen-bond donors (Lipinski definition) is 0. The molecule has 0 spiro atoms. The van der Waals surface area contributed by atoms with E-state index in [1.54, 1.807) is 18.5 Å². The summed E-state index contributed by atoms with van der Waals surface area (Å²) in [6, 6.07) is 3.60. The summed E-state index contributed by atoms with van der Waals surface area (Å²) in [6.45, 7) is 2.03. The third-order valence-corrected chi connectivity index (χ3v) is 2.34. The van der Waals surface area contributed by atoms with Crippen molar-refractivity contribution in [2.24, 2.45) is 0 Å². The topological polar surface area (TPSA) is 43.6 Å². The fourth-order valence-corrected chi connectivity index (χ4v) is 1.54. The van der Waals surface area contributed by atoms with E-state index < -0.39 is 0 Å². The number of methoxy groups -OCH3 is 1. The van der Waals surface area contributed by atoms with Gasteiger partial charge in [0.2, 0.25) is 0 Å². The summed E-state index contributed by atoms with van der Waals surface area (Å²) in [5.41, 5.74) is 1.53. The summed E-state index contributed by atoms with van der Waals surface area (Å²) in [5.74, 6) is 0.614. The third-order valence-electron chi connectivity index (χ3n) is 2.34. The van der Waals surface area contributed by atoms with Gasteiger partial charge in [0.15, 0.2) is 0 Å². The molecule has 0 fully saturated rings.